The van der Waals surface area contributed by atoms with Gasteiger partial charge in [0, 0.05) is 38.1 Å². The van der Waals surface area contributed by atoms with Crippen LogP contribution in [0.25, 0.3) is 0 Å². The van der Waals surface area contributed by atoms with E-state index in [-0.39, 0.29) is 17.9 Å². The third kappa shape index (κ3) is 5.25. The molecule has 1 N–H and O–H groups in total. The Morgan fingerprint density at radius 1 is 1.17 bits per heavy atom. The predicted molar refractivity (Wildman–Crippen MR) is 112 cm³/mol. The smallest absolute Gasteiger partial charge is 0.224 e. The number of carbonyl (C=O) groups excluding carboxylic acids is 1. The van der Waals surface area contributed by atoms with Crippen molar-refractivity contribution < 1.29 is 9.21 Å². The zero-order chi connectivity index (χ0) is 20.1. The van der Waals surface area contributed by atoms with Crippen LogP contribution in [0.5, 0.6) is 0 Å². The molecule has 2 unspecified atom stereocenters. The number of aryl methyl sites for hydroxylation is 1. The molecule has 2 saturated heterocycles. The van der Waals surface area contributed by atoms with Crippen molar-refractivity contribution in [3.63, 3.8) is 0 Å². The first-order chi connectivity index (χ1) is 14.2. The first kappa shape index (κ1) is 20.1. The zero-order valence-corrected chi connectivity index (χ0v) is 17.3. The van der Waals surface area contributed by atoms with Crippen LogP contribution in [0, 0.1) is 12.8 Å². The maximum absolute atomic E-state index is 12.9. The molecule has 0 spiro atoms. The van der Waals surface area contributed by atoms with Crippen molar-refractivity contribution in [3.05, 3.63) is 53.7 Å². The Balaban J connectivity index is 1.53. The summed E-state index contributed by atoms with van der Waals surface area (Å²) < 4.78 is 5.80. The van der Waals surface area contributed by atoms with Gasteiger partial charge in [-0.25, -0.2) is 0 Å². The average molecular weight is 397 g/mol. The summed E-state index contributed by atoms with van der Waals surface area (Å²) in [4.78, 5) is 22.2. The van der Waals surface area contributed by atoms with Crippen molar-refractivity contribution in [1.82, 2.24) is 20.1 Å². The van der Waals surface area contributed by atoms with Crippen LogP contribution < -0.4 is 5.32 Å². The maximum atomic E-state index is 12.9. The van der Waals surface area contributed by atoms with Crippen molar-refractivity contribution in [2.45, 2.75) is 51.7 Å². The summed E-state index contributed by atoms with van der Waals surface area (Å²) in [6.45, 7) is 7.27. The lowest BCUT2D eigenvalue weighted by atomic mass is 9.88. The lowest BCUT2D eigenvalue weighted by Gasteiger charge is -2.44. The third-order valence-electron chi connectivity index (χ3n) is 6.18. The van der Waals surface area contributed by atoms with Crippen LogP contribution in [0.4, 0.5) is 0 Å². The highest BCUT2D eigenvalue weighted by Gasteiger charge is 2.38. The quantitative estimate of drug-likeness (QED) is 0.861. The van der Waals surface area contributed by atoms with Gasteiger partial charge in [0.1, 0.15) is 11.5 Å². The third-order valence-corrected chi connectivity index (χ3v) is 6.18. The Hall–Kier alpha value is -2.18. The fourth-order valence-electron chi connectivity index (χ4n) is 4.65. The van der Waals surface area contributed by atoms with E-state index in [1.807, 2.05) is 31.5 Å². The second kappa shape index (κ2) is 9.55. The first-order valence-electron chi connectivity index (χ1n) is 10.9. The van der Waals surface area contributed by atoms with Gasteiger partial charge in [-0.15, -0.1) is 0 Å². The summed E-state index contributed by atoms with van der Waals surface area (Å²) in [7, 11) is 0. The molecule has 2 aliphatic heterocycles. The van der Waals surface area contributed by atoms with E-state index in [1.165, 1.54) is 5.56 Å². The van der Waals surface area contributed by atoms with Gasteiger partial charge in [-0.1, -0.05) is 12.5 Å². The van der Waals surface area contributed by atoms with E-state index >= 15 is 0 Å². The van der Waals surface area contributed by atoms with Crippen LogP contribution in [-0.2, 0) is 17.9 Å². The SMILES string of the molecule is Cc1ccc(CN2CCC3C(=O)NCCCCCN(Cc4cccnc4)C3C2)o1. The van der Waals surface area contributed by atoms with Crippen LogP contribution in [0.2, 0.25) is 0 Å². The Morgan fingerprint density at radius 3 is 2.90 bits per heavy atom. The van der Waals surface area contributed by atoms with Crippen LogP contribution in [0.3, 0.4) is 0 Å². The van der Waals surface area contributed by atoms with Crippen molar-refractivity contribution in [2.75, 3.05) is 26.2 Å². The number of amides is 1. The number of pyridine rings is 1. The molecule has 2 aliphatic rings. The number of nitrogens with one attached hydrogen (secondary N) is 1. The molecular formula is C23H32N4O2. The van der Waals surface area contributed by atoms with E-state index in [0.29, 0.717) is 0 Å². The Labute approximate surface area is 173 Å². The molecule has 2 atom stereocenters. The molecule has 6 nitrogen and oxygen atoms in total. The topological polar surface area (TPSA) is 61.6 Å². The molecule has 2 aromatic rings. The van der Waals surface area contributed by atoms with E-state index in [0.717, 1.165) is 76.5 Å². The molecule has 0 bridgehead atoms. The van der Waals surface area contributed by atoms with Gasteiger partial charge in [0.25, 0.3) is 0 Å². The monoisotopic (exact) mass is 396 g/mol. The minimum atomic E-state index is 0.0411. The van der Waals surface area contributed by atoms with Gasteiger partial charge < -0.3 is 9.73 Å². The fraction of sp³-hybridized carbons (Fsp3) is 0.565. The summed E-state index contributed by atoms with van der Waals surface area (Å²) in [6, 6.07) is 8.42. The lowest BCUT2D eigenvalue weighted by molar-refractivity contribution is -0.130. The van der Waals surface area contributed by atoms with Crippen LogP contribution in [-0.4, -0.2) is 52.9 Å². The van der Waals surface area contributed by atoms with E-state index in [9.17, 15) is 4.79 Å². The molecule has 2 fully saturated rings. The summed E-state index contributed by atoms with van der Waals surface area (Å²) in [5, 5.41) is 3.19. The van der Waals surface area contributed by atoms with Gasteiger partial charge in [0.15, 0.2) is 0 Å². The fourth-order valence-corrected chi connectivity index (χ4v) is 4.65. The molecule has 6 heteroatoms. The van der Waals surface area contributed by atoms with E-state index < -0.39 is 0 Å². The van der Waals surface area contributed by atoms with Crippen LogP contribution >= 0.6 is 0 Å². The number of rotatable bonds is 4. The molecule has 2 aromatic heterocycles. The van der Waals surface area contributed by atoms with Crippen molar-refractivity contribution in [1.29, 1.82) is 0 Å². The number of fused-ring (bicyclic) bond motifs is 1. The molecule has 0 aliphatic carbocycles. The number of likely N-dealkylation sites (tertiary alicyclic amines) is 1. The molecule has 0 aromatic carbocycles. The highest BCUT2D eigenvalue weighted by molar-refractivity contribution is 5.79. The molecule has 1 amide bonds. The van der Waals surface area contributed by atoms with Crippen molar-refractivity contribution in [2.24, 2.45) is 5.92 Å². The van der Waals surface area contributed by atoms with Gasteiger partial charge in [-0.2, -0.15) is 0 Å². The normalized spacial score (nSPS) is 24.7. The molecular weight excluding hydrogens is 364 g/mol. The second-order valence-corrected chi connectivity index (χ2v) is 8.39. The Morgan fingerprint density at radius 2 is 2.10 bits per heavy atom. The van der Waals surface area contributed by atoms with Gasteiger partial charge >= 0.3 is 0 Å². The summed E-state index contributed by atoms with van der Waals surface area (Å²) in [5.74, 6) is 2.22. The first-order valence-corrected chi connectivity index (χ1v) is 10.9. The van der Waals surface area contributed by atoms with E-state index in [4.69, 9.17) is 4.42 Å². The summed E-state index contributed by atoms with van der Waals surface area (Å²) >= 11 is 0. The van der Waals surface area contributed by atoms with Gasteiger partial charge in [-0.3, -0.25) is 19.6 Å². The molecule has 0 saturated carbocycles. The standard InChI is InChI=1S/C23H32N4O2/c1-18-7-8-20(29-18)16-26-13-9-21-22(17-26)27(15-19-6-5-10-24-14-19)12-4-2-3-11-25-23(21)28/h5-8,10,14,21-22H,2-4,9,11-13,15-17H2,1H3,(H,25,28). The molecule has 4 rings (SSSR count). The number of nitrogens with zero attached hydrogens (tertiary/aromatic N) is 3. The Kier molecular flexibility index (Phi) is 6.62. The molecule has 29 heavy (non-hydrogen) atoms. The number of aromatic nitrogens is 1. The minimum Gasteiger partial charge on any atom is -0.465 e. The number of furan rings is 1. The van der Waals surface area contributed by atoms with Crippen LogP contribution in [0.15, 0.2) is 41.1 Å². The predicted octanol–water partition coefficient (Wildman–Crippen LogP) is 2.98. The van der Waals surface area contributed by atoms with Crippen LogP contribution in [0.1, 0.15) is 42.8 Å². The van der Waals surface area contributed by atoms with Crippen molar-refractivity contribution in [3.8, 4) is 0 Å². The minimum absolute atomic E-state index is 0.0411. The number of hydrogen-bond donors (Lipinski definition) is 1. The summed E-state index contributed by atoms with van der Waals surface area (Å²) in [6.07, 6.45) is 8.02. The van der Waals surface area contributed by atoms with Crippen molar-refractivity contribution >= 4 is 5.91 Å². The Bertz CT molecular complexity index is 791. The number of piperidine rings is 1. The molecule has 4 heterocycles. The van der Waals surface area contributed by atoms with Gasteiger partial charge in [0.05, 0.1) is 12.5 Å². The van der Waals surface area contributed by atoms with Gasteiger partial charge in [-0.05, 0) is 63.0 Å². The summed E-state index contributed by atoms with van der Waals surface area (Å²) in [5.41, 5.74) is 1.21. The molecule has 0 radical (unpaired) electrons. The van der Waals surface area contributed by atoms with E-state index in [1.54, 1.807) is 0 Å². The maximum Gasteiger partial charge on any atom is 0.224 e. The lowest BCUT2D eigenvalue weighted by Crippen LogP contribution is -2.56. The zero-order valence-electron chi connectivity index (χ0n) is 17.3. The number of carbonyl (C=O) groups is 1. The molecule has 156 valence electrons. The van der Waals surface area contributed by atoms with Gasteiger partial charge in [0.2, 0.25) is 5.91 Å². The average Bonchev–Trinajstić information content (AvgIpc) is 3.14. The second-order valence-electron chi connectivity index (χ2n) is 8.39. The highest BCUT2D eigenvalue weighted by atomic mass is 16.3. The number of hydrogen-bond acceptors (Lipinski definition) is 5. The highest BCUT2D eigenvalue weighted by Crippen LogP contribution is 2.27. The largest absolute Gasteiger partial charge is 0.465 e. The van der Waals surface area contributed by atoms with E-state index in [2.05, 4.69) is 32.2 Å².